The fourth-order valence-electron chi connectivity index (χ4n) is 3.21. The molecule has 182 valence electrons. The van der Waals surface area contributed by atoms with Crippen LogP contribution in [0.25, 0.3) is 6.08 Å². The van der Waals surface area contributed by atoms with Crippen LogP contribution in [0.5, 0.6) is 5.88 Å². The fraction of sp³-hybridized carbons (Fsp3) is 0.200. The van der Waals surface area contributed by atoms with Gasteiger partial charge in [0.05, 0.1) is 29.8 Å². The number of anilines is 2. The number of ether oxygens (including phenoxy) is 2. The van der Waals surface area contributed by atoms with Crippen molar-refractivity contribution in [3.8, 4) is 5.88 Å². The lowest BCUT2D eigenvalue weighted by Crippen LogP contribution is -2.41. The molecule has 1 atom stereocenters. The third-order valence-corrected chi connectivity index (χ3v) is 5.75. The predicted octanol–water partition coefficient (Wildman–Crippen LogP) is 4.93. The molecule has 0 spiro atoms. The van der Waals surface area contributed by atoms with E-state index in [1.165, 1.54) is 13.4 Å². The molecular formula is C25H24Cl2N4O4. The van der Waals surface area contributed by atoms with Crippen molar-refractivity contribution < 1.29 is 19.1 Å². The first-order valence-electron chi connectivity index (χ1n) is 10.5. The van der Waals surface area contributed by atoms with E-state index in [0.717, 1.165) is 11.3 Å². The number of halogens is 2. The number of nitrogens with zero attached hydrogens (tertiary/aromatic N) is 3. The molecule has 0 bridgehead atoms. The van der Waals surface area contributed by atoms with Crippen LogP contribution in [0, 0.1) is 0 Å². The van der Waals surface area contributed by atoms with Gasteiger partial charge in [-0.3, -0.25) is 4.79 Å². The molecule has 0 saturated carbocycles. The zero-order chi connectivity index (χ0) is 25.4. The standard InChI is InChI=1S/C25H24Cl2N4O4/c1-31(21-14-22(34-2)29-15-28-21)17-12-10-16(11-13-17)6-4-9-20(25(33)35-3)30-24(32)23-18(26)7-5-8-19(23)27/h4-8,10-15,20H,9H2,1-3H3,(H,30,32)/b6-4+. The molecule has 1 heterocycles. The summed E-state index contributed by atoms with van der Waals surface area (Å²) in [7, 11) is 4.70. The highest BCUT2D eigenvalue weighted by atomic mass is 35.5. The van der Waals surface area contributed by atoms with Crippen LogP contribution in [0.3, 0.4) is 0 Å². The Morgan fingerprint density at radius 1 is 1.09 bits per heavy atom. The largest absolute Gasteiger partial charge is 0.481 e. The minimum absolute atomic E-state index is 0.106. The molecule has 0 fully saturated rings. The lowest BCUT2D eigenvalue weighted by Gasteiger charge is -2.18. The Morgan fingerprint density at radius 2 is 1.77 bits per heavy atom. The summed E-state index contributed by atoms with van der Waals surface area (Å²) in [6, 6.07) is 13.3. The molecule has 0 aliphatic rings. The lowest BCUT2D eigenvalue weighted by atomic mass is 10.1. The first-order valence-corrected chi connectivity index (χ1v) is 11.3. The summed E-state index contributed by atoms with van der Waals surface area (Å²) in [4.78, 5) is 35.1. The van der Waals surface area contributed by atoms with E-state index in [-0.39, 0.29) is 22.0 Å². The topological polar surface area (TPSA) is 93.7 Å². The van der Waals surface area contributed by atoms with Crippen molar-refractivity contribution in [1.29, 1.82) is 0 Å². The second kappa shape index (κ2) is 12.2. The van der Waals surface area contributed by atoms with Gasteiger partial charge in [-0.2, -0.15) is 0 Å². The van der Waals surface area contributed by atoms with Gasteiger partial charge in [0.1, 0.15) is 18.2 Å². The summed E-state index contributed by atoms with van der Waals surface area (Å²) in [5, 5.41) is 3.03. The van der Waals surface area contributed by atoms with Crippen molar-refractivity contribution in [2.24, 2.45) is 0 Å². The molecule has 1 unspecified atom stereocenters. The van der Waals surface area contributed by atoms with Crippen LogP contribution in [0.4, 0.5) is 11.5 Å². The van der Waals surface area contributed by atoms with Crippen LogP contribution >= 0.6 is 23.2 Å². The molecule has 8 nitrogen and oxygen atoms in total. The number of amides is 1. The van der Waals surface area contributed by atoms with Gasteiger partial charge in [-0.15, -0.1) is 0 Å². The molecule has 0 radical (unpaired) electrons. The molecular weight excluding hydrogens is 491 g/mol. The Bertz CT molecular complexity index is 1200. The second-order valence-corrected chi connectivity index (χ2v) is 8.17. The smallest absolute Gasteiger partial charge is 0.328 e. The molecule has 0 aliphatic carbocycles. The van der Waals surface area contributed by atoms with Gasteiger partial charge in [0.15, 0.2) is 0 Å². The van der Waals surface area contributed by atoms with Gasteiger partial charge in [-0.1, -0.05) is 53.6 Å². The van der Waals surface area contributed by atoms with Crippen LogP contribution in [-0.2, 0) is 9.53 Å². The minimum Gasteiger partial charge on any atom is -0.481 e. The lowest BCUT2D eigenvalue weighted by molar-refractivity contribution is -0.142. The summed E-state index contributed by atoms with van der Waals surface area (Å²) in [6.07, 6.45) is 5.28. The van der Waals surface area contributed by atoms with Crippen LogP contribution in [0.2, 0.25) is 10.0 Å². The first-order chi connectivity index (χ1) is 16.8. The van der Waals surface area contributed by atoms with Crippen LogP contribution in [0.1, 0.15) is 22.3 Å². The van der Waals surface area contributed by atoms with E-state index in [4.69, 9.17) is 32.7 Å². The maximum atomic E-state index is 12.7. The van der Waals surface area contributed by atoms with E-state index in [1.807, 2.05) is 42.3 Å². The van der Waals surface area contributed by atoms with Gasteiger partial charge in [0.2, 0.25) is 5.88 Å². The van der Waals surface area contributed by atoms with Crippen LogP contribution in [0.15, 0.2) is 60.9 Å². The van der Waals surface area contributed by atoms with Crippen LogP contribution < -0.4 is 15.0 Å². The highest BCUT2D eigenvalue weighted by molar-refractivity contribution is 6.39. The highest BCUT2D eigenvalue weighted by Crippen LogP contribution is 2.25. The number of esters is 1. The van der Waals surface area contributed by atoms with E-state index < -0.39 is 17.9 Å². The molecule has 0 aliphatic heterocycles. The number of rotatable bonds is 9. The minimum atomic E-state index is -0.908. The normalized spacial score (nSPS) is 11.7. The number of nitrogens with one attached hydrogen (secondary N) is 1. The third-order valence-electron chi connectivity index (χ3n) is 5.12. The zero-order valence-corrected chi connectivity index (χ0v) is 20.9. The van der Waals surface area contributed by atoms with Gasteiger partial charge in [-0.05, 0) is 36.2 Å². The Morgan fingerprint density at radius 3 is 2.40 bits per heavy atom. The number of carbonyl (C=O) groups is 2. The molecule has 3 rings (SSSR count). The highest BCUT2D eigenvalue weighted by Gasteiger charge is 2.23. The van der Waals surface area contributed by atoms with E-state index in [9.17, 15) is 9.59 Å². The van der Waals surface area contributed by atoms with Gasteiger partial charge in [-0.25, -0.2) is 14.8 Å². The summed E-state index contributed by atoms with van der Waals surface area (Å²) < 4.78 is 9.98. The van der Waals surface area contributed by atoms with Crippen molar-refractivity contribution in [3.05, 3.63) is 82.1 Å². The molecule has 1 N–H and O–H groups in total. The fourth-order valence-corrected chi connectivity index (χ4v) is 3.78. The molecule has 1 aromatic heterocycles. The monoisotopic (exact) mass is 514 g/mol. The predicted molar refractivity (Wildman–Crippen MR) is 136 cm³/mol. The summed E-state index contributed by atoms with van der Waals surface area (Å²) in [5.41, 5.74) is 1.93. The Labute approximate surface area is 213 Å². The average molecular weight is 515 g/mol. The van der Waals surface area contributed by atoms with Crippen molar-refractivity contribution >= 4 is 52.7 Å². The Kier molecular flexibility index (Phi) is 9.05. The Balaban J connectivity index is 1.67. The molecule has 3 aromatic rings. The van der Waals surface area contributed by atoms with Gasteiger partial charge in [0, 0.05) is 18.8 Å². The number of methoxy groups -OCH3 is 2. The number of benzene rings is 2. The number of aromatic nitrogens is 2. The summed E-state index contributed by atoms with van der Waals surface area (Å²) in [6.45, 7) is 0. The molecule has 35 heavy (non-hydrogen) atoms. The zero-order valence-electron chi connectivity index (χ0n) is 19.4. The van der Waals surface area contributed by atoms with Crippen molar-refractivity contribution in [2.45, 2.75) is 12.5 Å². The molecule has 1 amide bonds. The van der Waals surface area contributed by atoms with Crippen LogP contribution in [-0.4, -0.2) is 49.2 Å². The maximum absolute atomic E-state index is 12.7. The van der Waals surface area contributed by atoms with Crippen molar-refractivity contribution in [2.75, 3.05) is 26.2 Å². The number of carbonyl (C=O) groups excluding carboxylic acids is 2. The van der Waals surface area contributed by atoms with E-state index >= 15 is 0 Å². The van der Waals surface area contributed by atoms with E-state index in [1.54, 1.807) is 37.5 Å². The SMILES string of the molecule is COC(=O)C(C/C=C/c1ccc(N(C)c2cc(OC)ncn2)cc1)NC(=O)c1c(Cl)cccc1Cl. The van der Waals surface area contributed by atoms with Gasteiger partial charge in [0.25, 0.3) is 5.91 Å². The average Bonchev–Trinajstić information content (AvgIpc) is 2.87. The molecule has 2 aromatic carbocycles. The maximum Gasteiger partial charge on any atom is 0.328 e. The van der Waals surface area contributed by atoms with E-state index in [2.05, 4.69) is 15.3 Å². The van der Waals surface area contributed by atoms with Gasteiger partial charge < -0.3 is 19.7 Å². The number of hydrogen-bond donors (Lipinski definition) is 1. The third kappa shape index (κ3) is 6.71. The quantitative estimate of drug-likeness (QED) is 0.404. The van der Waals surface area contributed by atoms with Gasteiger partial charge >= 0.3 is 5.97 Å². The molecule has 0 saturated heterocycles. The summed E-state index contributed by atoms with van der Waals surface area (Å²) >= 11 is 12.2. The van der Waals surface area contributed by atoms with Crippen molar-refractivity contribution in [3.63, 3.8) is 0 Å². The number of hydrogen-bond acceptors (Lipinski definition) is 7. The molecule has 10 heteroatoms. The van der Waals surface area contributed by atoms with Crippen molar-refractivity contribution in [1.82, 2.24) is 15.3 Å². The second-order valence-electron chi connectivity index (χ2n) is 7.35. The first kappa shape index (κ1) is 26.0. The Hall–Kier alpha value is -3.62. The summed E-state index contributed by atoms with van der Waals surface area (Å²) in [5.74, 6) is 0.0301. The van der Waals surface area contributed by atoms with E-state index in [0.29, 0.717) is 11.7 Å².